The molecule has 3 aliphatic heterocycles. The summed E-state index contributed by atoms with van der Waals surface area (Å²) in [5.74, 6) is -4.24. The average molecular weight is 1050 g/mol. The number of nitro groups is 1. The van der Waals surface area contributed by atoms with Gasteiger partial charge in [-0.15, -0.1) is 5.10 Å². The number of aryl methyl sites for hydroxylation is 2. The van der Waals surface area contributed by atoms with Crippen molar-refractivity contribution in [3.8, 4) is 0 Å². The minimum absolute atomic E-state index is 0.0298. The fourth-order valence-corrected chi connectivity index (χ4v) is 10.9. The second-order valence-corrected chi connectivity index (χ2v) is 22.1. The molecule has 1 unspecified atom stereocenters. The van der Waals surface area contributed by atoms with Gasteiger partial charge in [0.25, 0.3) is 5.69 Å². The summed E-state index contributed by atoms with van der Waals surface area (Å²) in [6.07, 6.45) is -7.22. The lowest BCUT2D eigenvalue weighted by molar-refractivity contribution is -0.384. The number of methoxy groups -OCH3 is 1. The molecule has 3 aliphatic rings. The number of non-ortho nitro benzene ring substituents is 1. The predicted octanol–water partition coefficient (Wildman–Crippen LogP) is 3.51. The number of nitro benzene ring substituents is 1. The summed E-state index contributed by atoms with van der Waals surface area (Å²) in [6.45, 7) is 18.8. The van der Waals surface area contributed by atoms with Gasteiger partial charge in [-0.05, 0) is 93.9 Å². The standard InChI is InChI=1S/C52H87N7O15/c1-15-40-52(10,65)45(61)32(4)42(54-69-25-24-56(11)12)30(2)27-50(8,64)47(33(5)44(34(6)48(63)72-40)73-41-28-51(9,68-14)46(62)35(7)71-41)74-49-43(60)39(26-31(3)70-49)57(13)22-21-37-29-58(55-53-37)23-20-36-16-18-38(19-17-36)59(66)67/h16-19,29-35,39-41,43-47,49,60-62,64-65H,15,20-28H2,1-14H3/b54-42+/t30-,31-,32+,33+,34-,35+,39+,40-,41+,43-,44+,45-,46+,47-,49?,50-,51-,52-/m1/s1. The Kier molecular flexibility index (Phi) is 21.5. The van der Waals surface area contributed by atoms with Crippen molar-refractivity contribution in [1.82, 2.24) is 24.8 Å². The molecule has 5 N–H and O–H groups in total. The van der Waals surface area contributed by atoms with Crippen molar-refractivity contribution in [3.05, 3.63) is 51.8 Å². The lowest BCUT2D eigenvalue weighted by Gasteiger charge is -2.49. The van der Waals surface area contributed by atoms with Crippen LogP contribution in [0.4, 0.5) is 5.69 Å². The van der Waals surface area contributed by atoms with Crippen molar-refractivity contribution in [1.29, 1.82) is 0 Å². The SMILES string of the molecule is CC[C@H]1OC(=O)[C@H](C)[C@@H](O[C@H]2C[C@@](C)(OC)[C@@H](O)[C@H](C)O2)[C@H](C)[C@@H](OC2O[C@H](C)C[C@H](N(C)CCc3cn(CCc4ccc([N+](=O)[O-])cc4)nn3)[C@H]2O)[C@](C)(O)C[C@@H](C)/C(=N\OCCN(C)C)[C@H](C)[C@@H](O)[C@]1(C)O. The highest BCUT2D eigenvalue weighted by atomic mass is 16.7. The van der Waals surface area contributed by atoms with Crippen LogP contribution in [-0.4, -0.2) is 199 Å². The van der Waals surface area contributed by atoms with Crippen LogP contribution in [0.2, 0.25) is 0 Å². The first-order chi connectivity index (χ1) is 34.6. The van der Waals surface area contributed by atoms with Crippen molar-refractivity contribution in [2.45, 2.75) is 199 Å². The van der Waals surface area contributed by atoms with Gasteiger partial charge in [0.2, 0.25) is 0 Å². The van der Waals surface area contributed by atoms with Gasteiger partial charge in [-0.3, -0.25) is 19.6 Å². The maximum Gasteiger partial charge on any atom is 0.311 e. The van der Waals surface area contributed by atoms with Gasteiger partial charge in [0.15, 0.2) is 12.6 Å². The summed E-state index contributed by atoms with van der Waals surface area (Å²) in [5.41, 5.74) is -2.85. The molecule has 420 valence electrons. The van der Waals surface area contributed by atoms with Crippen molar-refractivity contribution in [2.75, 3.05) is 47.9 Å². The van der Waals surface area contributed by atoms with Gasteiger partial charge < -0.3 is 68.6 Å². The summed E-state index contributed by atoms with van der Waals surface area (Å²) < 4.78 is 40.1. The highest BCUT2D eigenvalue weighted by molar-refractivity contribution is 5.88. The van der Waals surface area contributed by atoms with E-state index in [-0.39, 0.29) is 31.6 Å². The molecule has 5 rings (SSSR count). The van der Waals surface area contributed by atoms with Gasteiger partial charge in [-0.25, -0.2) is 0 Å². The van der Waals surface area contributed by atoms with Crippen LogP contribution in [0.3, 0.4) is 0 Å². The number of nitrogens with zero attached hydrogens (tertiary/aromatic N) is 7. The molecule has 0 spiro atoms. The molecule has 0 amide bonds. The van der Waals surface area contributed by atoms with E-state index < -0.39 is 119 Å². The van der Waals surface area contributed by atoms with Gasteiger partial charge in [-0.2, -0.15) is 0 Å². The molecule has 74 heavy (non-hydrogen) atoms. The molecular weight excluding hydrogens is 963 g/mol. The minimum atomic E-state index is -1.97. The third kappa shape index (κ3) is 15.0. The molecular formula is C52H87N7O15. The first-order valence-corrected chi connectivity index (χ1v) is 26.2. The van der Waals surface area contributed by atoms with Crippen LogP contribution in [0.15, 0.2) is 35.6 Å². The van der Waals surface area contributed by atoms with Gasteiger partial charge in [0.05, 0.1) is 64.0 Å². The number of ether oxygens (including phenoxy) is 6. The van der Waals surface area contributed by atoms with E-state index in [9.17, 15) is 40.4 Å². The second kappa shape index (κ2) is 26.0. The second-order valence-electron chi connectivity index (χ2n) is 22.1. The third-order valence-electron chi connectivity index (χ3n) is 15.6. The molecule has 1 aromatic carbocycles. The number of aromatic nitrogens is 3. The zero-order valence-electron chi connectivity index (χ0n) is 46.1. The zero-order chi connectivity index (χ0) is 55.0. The molecule has 0 radical (unpaired) electrons. The van der Waals surface area contributed by atoms with E-state index in [1.807, 2.05) is 51.0 Å². The predicted molar refractivity (Wildman–Crippen MR) is 273 cm³/mol. The number of hydrogen-bond donors (Lipinski definition) is 5. The van der Waals surface area contributed by atoms with Crippen LogP contribution in [0.1, 0.15) is 106 Å². The zero-order valence-corrected chi connectivity index (χ0v) is 46.1. The number of aliphatic hydroxyl groups excluding tert-OH is 3. The Bertz CT molecular complexity index is 2130. The van der Waals surface area contributed by atoms with E-state index in [4.69, 9.17) is 33.3 Å². The lowest BCUT2D eigenvalue weighted by Crippen LogP contribution is -2.61. The Morgan fingerprint density at radius 3 is 2.23 bits per heavy atom. The highest BCUT2D eigenvalue weighted by Crippen LogP contribution is 2.41. The number of oxime groups is 1. The lowest BCUT2D eigenvalue weighted by atomic mass is 9.73. The van der Waals surface area contributed by atoms with Crippen LogP contribution in [-0.2, 0) is 57.4 Å². The van der Waals surface area contributed by atoms with E-state index in [1.54, 1.807) is 65.3 Å². The molecule has 0 saturated carbocycles. The largest absolute Gasteiger partial charge is 0.459 e. The van der Waals surface area contributed by atoms with Crippen molar-refractivity contribution >= 4 is 17.4 Å². The van der Waals surface area contributed by atoms with E-state index in [0.29, 0.717) is 44.6 Å². The molecule has 3 fully saturated rings. The monoisotopic (exact) mass is 1050 g/mol. The Morgan fingerprint density at radius 2 is 1.61 bits per heavy atom. The molecule has 3 saturated heterocycles. The van der Waals surface area contributed by atoms with Crippen LogP contribution in [0.5, 0.6) is 0 Å². The molecule has 1 aromatic heterocycles. The number of aliphatic hydroxyl groups is 5. The van der Waals surface area contributed by atoms with Gasteiger partial charge in [0.1, 0.15) is 30.5 Å². The molecule has 22 nitrogen and oxygen atoms in total. The van der Waals surface area contributed by atoms with E-state index in [1.165, 1.54) is 26.2 Å². The maximum atomic E-state index is 14.6. The number of benzene rings is 1. The summed E-state index contributed by atoms with van der Waals surface area (Å²) in [4.78, 5) is 35.0. The molecule has 4 heterocycles. The summed E-state index contributed by atoms with van der Waals surface area (Å²) in [5, 5.41) is 84.9. The summed E-state index contributed by atoms with van der Waals surface area (Å²) >= 11 is 0. The van der Waals surface area contributed by atoms with Crippen molar-refractivity contribution in [2.24, 2.45) is 28.8 Å². The third-order valence-corrected chi connectivity index (χ3v) is 15.6. The first kappa shape index (κ1) is 61.1. The summed E-state index contributed by atoms with van der Waals surface area (Å²) in [7, 11) is 7.18. The van der Waals surface area contributed by atoms with Crippen LogP contribution in [0.25, 0.3) is 0 Å². The maximum absolute atomic E-state index is 14.6. The molecule has 2 aromatic rings. The normalized spacial score (nSPS) is 38.5. The number of hydrogen-bond acceptors (Lipinski definition) is 20. The van der Waals surface area contributed by atoms with Crippen molar-refractivity contribution in [3.63, 3.8) is 0 Å². The first-order valence-electron chi connectivity index (χ1n) is 26.2. The van der Waals surface area contributed by atoms with Crippen LogP contribution >= 0.6 is 0 Å². The highest BCUT2D eigenvalue weighted by Gasteiger charge is 2.53. The quantitative estimate of drug-likeness (QED) is 0.0618. The Labute approximate surface area is 436 Å². The minimum Gasteiger partial charge on any atom is -0.459 e. The van der Waals surface area contributed by atoms with E-state index >= 15 is 0 Å². The van der Waals surface area contributed by atoms with E-state index in [2.05, 4.69) is 15.5 Å². The number of cyclic esters (lactones) is 1. The molecule has 18 atom stereocenters. The van der Waals surface area contributed by atoms with Crippen molar-refractivity contribution < 1.29 is 68.5 Å². The Balaban J connectivity index is 1.48. The fourth-order valence-electron chi connectivity index (χ4n) is 10.9. The van der Waals surface area contributed by atoms with Gasteiger partial charge in [-0.1, -0.05) is 50.2 Å². The molecule has 0 aliphatic carbocycles. The smallest absolute Gasteiger partial charge is 0.311 e. The van der Waals surface area contributed by atoms with Gasteiger partial charge >= 0.3 is 5.97 Å². The Morgan fingerprint density at radius 1 is 0.932 bits per heavy atom. The average Bonchev–Trinajstić information content (AvgIpc) is 3.81. The van der Waals surface area contributed by atoms with Gasteiger partial charge in [0, 0.05) is 81.7 Å². The van der Waals surface area contributed by atoms with Crippen LogP contribution in [0, 0.1) is 33.8 Å². The number of carbonyl (C=O) groups excluding carboxylic acids is 1. The Hall–Kier alpha value is -3.78. The topological polar surface area (TPSA) is 276 Å². The van der Waals surface area contributed by atoms with Crippen LogP contribution < -0.4 is 0 Å². The fraction of sp³-hybridized carbons (Fsp3) is 0.808. The number of carbonyl (C=O) groups is 1. The number of esters is 1. The number of likely N-dealkylation sites (N-methyl/N-ethyl adjacent to an activating group) is 2. The number of rotatable bonds is 18. The molecule has 22 heteroatoms. The summed E-state index contributed by atoms with van der Waals surface area (Å²) in [6, 6.07) is 5.93. The molecule has 0 bridgehead atoms. The van der Waals surface area contributed by atoms with E-state index in [0.717, 1.165) is 11.3 Å².